The number of aryl methyl sites for hydroxylation is 1. The van der Waals surface area contributed by atoms with Crippen LogP contribution in [0.15, 0.2) is 16.9 Å². The summed E-state index contributed by atoms with van der Waals surface area (Å²) in [6, 6.07) is 4.61. The Hall–Kier alpha value is -0.740. The second kappa shape index (κ2) is 6.43. The Morgan fingerprint density at radius 3 is 3.11 bits per heavy atom. The summed E-state index contributed by atoms with van der Waals surface area (Å²) in [5.41, 5.74) is 2.44. The largest absolute Gasteiger partial charge is 0.326 e. The SMILES string of the molecule is CCC(CSC)NC1CCCc2[nH]c(=O)ccc21. The predicted octanol–water partition coefficient (Wildman–Crippen LogP) is 2.48. The highest BCUT2D eigenvalue weighted by Crippen LogP contribution is 2.28. The number of aromatic amines is 1. The van der Waals surface area contributed by atoms with Crippen molar-refractivity contribution in [2.45, 2.75) is 44.7 Å². The second-order valence-electron chi connectivity index (χ2n) is 4.93. The fourth-order valence-corrected chi connectivity index (χ4v) is 3.38. The molecule has 3 nitrogen and oxygen atoms in total. The molecule has 0 saturated heterocycles. The zero-order chi connectivity index (χ0) is 13.0. The molecule has 2 N–H and O–H groups in total. The minimum absolute atomic E-state index is 0.0190. The fourth-order valence-electron chi connectivity index (χ4n) is 2.64. The fraction of sp³-hybridized carbons (Fsp3) is 0.643. The molecule has 0 radical (unpaired) electrons. The minimum Gasteiger partial charge on any atom is -0.326 e. The monoisotopic (exact) mass is 266 g/mol. The average molecular weight is 266 g/mol. The Kier molecular flexibility index (Phi) is 4.89. The molecule has 0 spiro atoms. The molecule has 0 amide bonds. The molecule has 1 heterocycles. The van der Waals surface area contributed by atoms with Crippen molar-refractivity contribution in [3.63, 3.8) is 0 Å². The predicted molar refractivity (Wildman–Crippen MR) is 78.3 cm³/mol. The van der Waals surface area contributed by atoms with Gasteiger partial charge in [0.25, 0.3) is 0 Å². The van der Waals surface area contributed by atoms with Crippen LogP contribution < -0.4 is 10.9 Å². The molecule has 2 rings (SSSR count). The number of aromatic nitrogens is 1. The van der Waals surface area contributed by atoms with E-state index in [1.165, 1.54) is 12.0 Å². The van der Waals surface area contributed by atoms with Crippen molar-refractivity contribution in [2.24, 2.45) is 0 Å². The number of nitrogens with one attached hydrogen (secondary N) is 2. The van der Waals surface area contributed by atoms with Gasteiger partial charge in [-0.1, -0.05) is 13.0 Å². The lowest BCUT2D eigenvalue weighted by molar-refractivity contribution is 0.402. The number of thioether (sulfide) groups is 1. The average Bonchev–Trinajstić information content (AvgIpc) is 2.38. The van der Waals surface area contributed by atoms with Crippen molar-refractivity contribution in [2.75, 3.05) is 12.0 Å². The van der Waals surface area contributed by atoms with E-state index in [1.54, 1.807) is 6.07 Å². The summed E-state index contributed by atoms with van der Waals surface area (Å²) in [6.45, 7) is 2.23. The minimum atomic E-state index is 0.0190. The van der Waals surface area contributed by atoms with Crippen LogP contribution >= 0.6 is 11.8 Å². The lowest BCUT2D eigenvalue weighted by Crippen LogP contribution is -2.36. The molecule has 1 aliphatic rings. The van der Waals surface area contributed by atoms with E-state index in [2.05, 4.69) is 23.5 Å². The molecule has 18 heavy (non-hydrogen) atoms. The third-order valence-electron chi connectivity index (χ3n) is 3.63. The molecular formula is C14H22N2OS. The molecule has 2 unspecified atom stereocenters. The third kappa shape index (κ3) is 3.18. The van der Waals surface area contributed by atoms with Crippen LogP contribution in [0.25, 0.3) is 0 Å². The highest BCUT2D eigenvalue weighted by molar-refractivity contribution is 7.98. The summed E-state index contributed by atoms with van der Waals surface area (Å²) in [6.07, 6.45) is 6.62. The molecule has 0 aromatic carbocycles. The van der Waals surface area contributed by atoms with Crippen LogP contribution in [0.4, 0.5) is 0 Å². The normalized spacial score (nSPS) is 20.4. The van der Waals surface area contributed by atoms with E-state index < -0.39 is 0 Å². The maximum Gasteiger partial charge on any atom is 0.248 e. The molecule has 1 aromatic heterocycles. The highest BCUT2D eigenvalue weighted by Gasteiger charge is 2.22. The second-order valence-corrected chi connectivity index (χ2v) is 5.84. The van der Waals surface area contributed by atoms with Gasteiger partial charge in [0.15, 0.2) is 0 Å². The van der Waals surface area contributed by atoms with Crippen molar-refractivity contribution in [3.05, 3.63) is 33.7 Å². The Balaban J connectivity index is 2.14. The van der Waals surface area contributed by atoms with Gasteiger partial charge < -0.3 is 10.3 Å². The lowest BCUT2D eigenvalue weighted by atomic mass is 9.90. The Bertz CT molecular complexity index is 444. The van der Waals surface area contributed by atoms with Crippen molar-refractivity contribution in [3.8, 4) is 0 Å². The van der Waals surface area contributed by atoms with Crippen molar-refractivity contribution in [1.82, 2.24) is 10.3 Å². The topological polar surface area (TPSA) is 44.9 Å². The van der Waals surface area contributed by atoms with Gasteiger partial charge in [-0.05, 0) is 37.5 Å². The Morgan fingerprint density at radius 2 is 2.39 bits per heavy atom. The molecule has 0 aliphatic heterocycles. The number of hydrogen-bond donors (Lipinski definition) is 2. The number of pyridine rings is 1. The molecule has 4 heteroatoms. The summed E-state index contributed by atoms with van der Waals surface area (Å²) < 4.78 is 0. The van der Waals surface area contributed by atoms with Crippen molar-refractivity contribution >= 4 is 11.8 Å². The summed E-state index contributed by atoms with van der Waals surface area (Å²) in [5.74, 6) is 1.14. The Morgan fingerprint density at radius 1 is 1.56 bits per heavy atom. The first-order valence-electron chi connectivity index (χ1n) is 6.71. The third-order valence-corrected chi connectivity index (χ3v) is 4.37. The standard InChI is InChI=1S/C14H22N2OS/c1-3-10(9-18-2)15-12-5-4-6-13-11(12)7-8-14(17)16-13/h7-8,10,12,15H,3-6,9H2,1-2H3,(H,16,17). The van der Waals surface area contributed by atoms with E-state index in [-0.39, 0.29) is 5.56 Å². The van der Waals surface area contributed by atoms with Gasteiger partial charge in [0.2, 0.25) is 5.56 Å². The smallest absolute Gasteiger partial charge is 0.248 e. The molecule has 2 atom stereocenters. The number of hydrogen-bond acceptors (Lipinski definition) is 3. The van der Waals surface area contributed by atoms with Gasteiger partial charge >= 0.3 is 0 Å². The zero-order valence-electron chi connectivity index (χ0n) is 11.2. The van der Waals surface area contributed by atoms with Crippen LogP contribution in [0.3, 0.4) is 0 Å². The van der Waals surface area contributed by atoms with E-state index in [1.807, 2.05) is 17.8 Å². The molecule has 0 bridgehead atoms. The van der Waals surface area contributed by atoms with Gasteiger partial charge in [-0.15, -0.1) is 0 Å². The first-order valence-corrected chi connectivity index (χ1v) is 8.11. The van der Waals surface area contributed by atoms with Crippen LogP contribution in [0.2, 0.25) is 0 Å². The van der Waals surface area contributed by atoms with Crippen molar-refractivity contribution < 1.29 is 0 Å². The van der Waals surface area contributed by atoms with Crippen LogP contribution in [0.5, 0.6) is 0 Å². The van der Waals surface area contributed by atoms with Gasteiger partial charge in [0, 0.05) is 29.6 Å². The molecule has 1 aliphatic carbocycles. The highest BCUT2D eigenvalue weighted by atomic mass is 32.2. The van der Waals surface area contributed by atoms with E-state index in [9.17, 15) is 4.79 Å². The van der Waals surface area contributed by atoms with Crippen molar-refractivity contribution in [1.29, 1.82) is 0 Å². The van der Waals surface area contributed by atoms with Gasteiger partial charge in [0.05, 0.1) is 0 Å². The Labute approximate surface area is 113 Å². The van der Waals surface area contributed by atoms with Crippen LogP contribution in [-0.2, 0) is 6.42 Å². The van der Waals surface area contributed by atoms with Crippen LogP contribution in [0, 0.1) is 0 Å². The van der Waals surface area contributed by atoms with Gasteiger partial charge in [0.1, 0.15) is 0 Å². The van der Waals surface area contributed by atoms with Gasteiger partial charge in [-0.3, -0.25) is 4.79 Å². The molecule has 0 fully saturated rings. The quantitative estimate of drug-likeness (QED) is 0.860. The summed E-state index contributed by atoms with van der Waals surface area (Å²) in [4.78, 5) is 14.3. The van der Waals surface area contributed by atoms with Gasteiger partial charge in [-0.2, -0.15) is 11.8 Å². The van der Waals surface area contributed by atoms with E-state index in [0.717, 1.165) is 30.7 Å². The summed E-state index contributed by atoms with van der Waals surface area (Å²) in [7, 11) is 0. The number of H-pyrrole nitrogens is 1. The van der Waals surface area contributed by atoms with E-state index in [4.69, 9.17) is 0 Å². The first-order chi connectivity index (χ1) is 8.74. The summed E-state index contributed by atoms with van der Waals surface area (Å²) >= 11 is 1.89. The zero-order valence-corrected chi connectivity index (χ0v) is 12.0. The van der Waals surface area contributed by atoms with E-state index >= 15 is 0 Å². The van der Waals surface area contributed by atoms with Gasteiger partial charge in [-0.25, -0.2) is 0 Å². The lowest BCUT2D eigenvalue weighted by Gasteiger charge is -2.29. The number of fused-ring (bicyclic) bond motifs is 1. The maximum absolute atomic E-state index is 11.3. The number of rotatable bonds is 5. The molecule has 1 aromatic rings. The first kappa shape index (κ1) is 13.7. The van der Waals surface area contributed by atoms with E-state index in [0.29, 0.717) is 12.1 Å². The maximum atomic E-state index is 11.3. The molecular weight excluding hydrogens is 244 g/mol. The molecule has 0 saturated carbocycles. The molecule has 100 valence electrons. The summed E-state index contributed by atoms with van der Waals surface area (Å²) in [5, 5.41) is 3.74. The van der Waals surface area contributed by atoms with Crippen LogP contribution in [-0.4, -0.2) is 23.0 Å². The van der Waals surface area contributed by atoms with Crippen LogP contribution in [0.1, 0.15) is 43.5 Å².